The number of halogens is 1. The molecule has 0 saturated carbocycles. The molecular formula is C24H28FN3O2. The lowest BCUT2D eigenvalue weighted by atomic mass is 9.86. The Labute approximate surface area is 176 Å². The van der Waals surface area contributed by atoms with Gasteiger partial charge in [-0.25, -0.2) is 4.39 Å². The van der Waals surface area contributed by atoms with Crippen molar-refractivity contribution in [3.8, 4) is 11.3 Å². The number of nitrogens with one attached hydrogen (secondary N) is 1. The Kier molecular flexibility index (Phi) is 6.37. The number of aromatic nitrogens is 1. The fraction of sp³-hybridized carbons (Fsp3) is 0.333. The molecule has 2 aromatic carbocycles. The molecule has 158 valence electrons. The molecule has 0 fully saturated rings. The van der Waals surface area contributed by atoms with Crippen LogP contribution in [0.3, 0.4) is 0 Å². The molecule has 1 amide bonds. The Morgan fingerprint density at radius 1 is 1.10 bits per heavy atom. The van der Waals surface area contributed by atoms with Crippen molar-refractivity contribution in [2.45, 2.75) is 32.2 Å². The van der Waals surface area contributed by atoms with Gasteiger partial charge in [-0.2, -0.15) is 0 Å². The minimum atomic E-state index is -0.332. The molecule has 1 aromatic heterocycles. The zero-order valence-electron chi connectivity index (χ0n) is 18.1. The van der Waals surface area contributed by atoms with E-state index in [1.54, 1.807) is 18.2 Å². The topological polar surface area (TPSA) is 58.4 Å². The number of carbonyl (C=O) groups is 1. The molecule has 1 heterocycles. The van der Waals surface area contributed by atoms with Gasteiger partial charge in [-0.15, -0.1) is 0 Å². The largest absolute Gasteiger partial charge is 0.355 e. The molecule has 0 aliphatic carbocycles. The quantitative estimate of drug-likeness (QED) is 0.635. The van der Waals surface area contributed by atoms with E-state index in [-0.39, 0.29) is 28.9 Å². The van der Waals surface area contributed by atoms with Crippen LogP contribution in [0.4, 0.5) is 4.39 Å². The zero-order valence-corrected chi connectivity index (χ0v) is 18.1. The van der Waals surface area contributed by atoms with Crippen LogP contribution in [0.1, 0.15) is 48.4 Å². The minimum Gasteiger partial charge on any atom is -0.355 e. The summed E-state index contributed by atoms with van der Waals surface area (Å²) in [6.45, 7) is 6.98. The highest BCUT2D eigenvalue weighted by Gasteiger charge is 2.20. The van der Waals surface area contributed by atoms with Gasteiger partial charge in [-0.1, -0.05) is 50.2 Å². The Balaban J connectivity index is 1.68. The van der Waals surface area contributed by atoms with Gasteiger partial charge in [0.2, 0.25) is 0 Å². The molecule has 30 heavy (non-hydrogen) atoms. The van der Waals surface area contributed by atoms with E-state index in [9.17, 15) is 9.18 Å². The standard InChI is InChI=1S/C24H28FN3O2/c1-24(2,3)18-10-6-16(7-11-18)21(28(4)5)15-26-23(29)20-14-22(30-27-20)17-8-12-19(25)13-9-17/h6-14,21H,15H2,1-5H3,(H,26,29). The summed E-state index contributed by atoms with van der Waals surface area (Å²) in [5.41, 5.74) is 3.34. The number of benzene rings is 2. The van der Waals surface area contributed by atoms with Crippen LogP contribution in [0.2, 0.25) is 0 Å². The number of rotatable bonds is 6. The van der Waals surface area contributed by atoms with Crippen LogP contribution in [0.5, 0.6) is 0 Å². The van der Waals surface area contributed by atoms with Crippen LogP contribution in [0.25, 0.3) is 11.3 Å². The molecule has 0 aliphatic rings. The third-order valence-corrected chi connectivity index (χ3v) is 5.11. The van der Waals surface area contributed by atoms with E-state index in [0.29, 0.717) is 17.9 Å². The van der Waals surface area contributed by atoms with Crippen molar-refractivity contribution in [2.24, 2.45) is 0 Å². The van der Waals surface area contributed by atoms with E-state index in [1.165, 1.54) is 17.7 Å². The van der Waals surface area contributed by atoms with Crippen molar-refractivity contribution < 1.29 is 13.7 Å². The lowest BCUT2D eigenvalue weighted by molar-refractivity contribution is 0.0933. The van der Waals surface area contributed by atoms with E-state index in [4.69, 9.17) is 4.52 Å². The van der Waals surface area contributed by atoms with Gasteiger partial charge >= 0.3 is 0 Å². The number of hydrogen-bond donors (Lipinski definition) is 1. The predicted molar refractivity (Wildman–Crippen MR) is 116 cm³/mol. The summed E-state index contributed by atoms with van der Waals surface area (Å²) in [5, 5.41) is 6.79. The van der Waals surface area contributed by atoms with E-state index in [2.05, 4.69) is 60.4 Å². The molecule has 1 unspecified atom stereocenters. The second-order valence-electron chi connectivity index (χ2n) is 8.64. The third kappa shape index (κ3) is 5.13. The van der Waals surface area contributed by atoms with Gasteiger partial charge < -0.3 is 14.7 Å². The van der Waals surface area contributed by atoms with E-state index >= 15 is 0 Å². The first kappa shape index (κ1) is 21.7. The van der Waals surface area contributed by atoms with Crippen LogP contribution in [0, 0.1) is 5.82 Å². The van der Waals surface area contributed by atoms with Crippen LogP contribution in [-0.2, 0) is 5.41 Å². The number of carbonyl (C=O) groups excluding carboxylic acids is 1. The number of nitrogens with zero attached hydrogens (tertiary/aromatic N) is 2. The highest BCUT2D eigenvalue weighted by Crippen LogP contribution is 2.25. The lowest BCUT2D eigenvalue weighted by Gasteiger charge is -2.26. The molecule has 1 N–H and O–H groups in total. The van der Waals surface area contributed by atoms with Gasteiger partial charge in [0, 0.05) is 18.2 Å². The lowest BCUT2D eigenvalue weighted by Crippen LogP contribution is -2.34. The van der Waals surface area contributed by atoms with Crippen molar-refractivity contribution in [2.75, 3.05) is 20.6 Å². The SMILES string of the molecule is CN(C)C(CNC(=O)c1cc(-c2ccc(F)cc2)on1)c1ccc(C(C)(C)C)cc1. The fourth-order valence-corrected chi connectivity index (χ4v) is 3.22. The summed E-state index contributed by atoms with van der Waals surface area (Å²) in [6.07, 6.45) is 0. The minimum absolute atomic E-state index is 0.0199. The summed E-state index contributed by atoms with van der Waals surface area (Å²) in [7, 11) is 3.97. The molecule has 0 radical (unpaired) electrons. The molecule has 0 aliphatic heterocycles. The molecular weight excluding hydrogens is 381 g/mol. The van der Waals surface area contributed by atoms with Gasteiger partial charge in [0.25, 0.3) is 5.91 Å². The van der Waals surface area contributed by atoms with Gasteiger partial charge in [0.1, 0.15) is 5.82 Å². The van der Waals surface area contributed by atoms with Crippen LogP contribution in [0.15, 0.2) is 59.1 Å². The summed E-state index contributed by atoms with van der Waals surface area (Å²) >= 11 is 0. The maximum atomic E-state index is 13.1. The summed E-state index contributed by atoms with van der Waals surface area (Å²) in [6, 6.07) is 15.9. The second kappa shape index (κ2) is 8.79. The van der Waals surface area contributed by atoms with Gasteiger partial charge in [-0.3, -0.25) is 4.79 Å². The Hall–Kier alpha value is -2.99. The molecule has 0 bridgehead atoms. The van der Waals surface area contributed by atoms with E-state index < -0.39 is 0 Å². The molecule has 0 saturated heterocycles. The summed E-state index contributed by atoms with van der Waals surface area (Å²) in [4.78, 5) is 14.6. The normalized spacial score (nSPS) is 12.8. The first-order valence-electron chi connectivity index (χ1n) is 9.93. The molecule has 3 aromatic rings. The van der Waals surface area contributed by atoms with E-state index in [1.807, 2.05) is 14.1 Å². The Morgan fingerprint density at radius 3 is 2.30 bits per heavy atom. The maximum Gasteiger partial charge on any atom is 0.273 e. The van der Waals surface area contributed by atoms with Crippen molar-refractivity contribution in [3.63, 3.8) is 0 Å². The van der Waals surface area contributed by atoms with Crippen LogP contribution < -0.4 is 5.32 Å². The summed E-state index contributed by atoms with van der Waals surface area (Å²) in [5.74, 6) is -0.228. The first-order chi connectivity index (χ1) is 14.1. The number of likely N-dealkylation sites (N-methyl/N-ethyl adjacent to an activating group) is 1. The average Bonchev–Trinajstić information content (AvgIpc) is 3.18. The van der Waals surface area contributed by atoms with Gasteiger partial charge in [-0.05, 0) is 54.9 Å². The van der Waals surface area contributed by atoms with Crippen molar-refractivity contribution in [1.29, 1.82) is 0 Å². The molecule has 6 heteroatoms. The summed E-state index contributed by atoms with van der Waals surface area (Å²) < 4.78 is 18.3. The van der Waals surface area contributed by atoms with Crippen LogP contribution >= 0.6 is 0 Å². The molecule has 0 spiro atoms. The monoisotopic (exact) mass is 409 g/mol. The predicted octanol–water partition coefficient (Wildman–Crippen LogP) is 4.81. The zero-order chi connectivity index (χ0) is 21.9. The Morgan fingerprint density at radius 2 is 1.73 bits per heavy atom. The molecule has 5 nitrogen and oxygen atoms in total. The number of hydrogen-bond acceptors (Lipinski definition) is 4. The molecule has 3 rings (SSSR count). The second-order valence-corrected chi connectivity index (χ2v) is 8.64. The van der Waals surface area contributed by atoms with Crippen molar-refractivity contribution >= 4 is 5.91 Å². The molecule has 1 atom stereocenters. The highest BCUT2D eigenvalue weighted by molar-refractivity contribution is 5.93. The van der Waals surface area contributed by atoms with Crippen molar-refractivity contribution in [3.05, 3.63) is 77.2 Å². The van der Waals surface area contributed by atoms with Gasteiger partial charge in [0.15, 0.2) is 11.5 Å². The van der Waals surface area contributed by atoms with Crippen molar-refractivity contribution in [1.82, 2.24) is 15.4 Å². The highest BCUT2D eigenvalue weighted by atomic mass is 19.1. The Bertz CT molecular complexity index is 987. The fourth-order valence-electron chi connectivity index (χ4n) is 3.22. The van der Waals surface area contributed by atoms with Gasteiger partial charge in [0.05, 0.1) is 6.04 Å². The average molecular weight is 410 g/mol. The van der Waals surface area contributed by atoms with E-state index in [0.717, 1.165) is 5.56 Å². The smallest absolute Gasteiger partial charge is 0.273 e. The maximum absolute atomic E-state index is 13.1. The number of amides is 1. The first-order valence-corrected chi connectivity index (χ1v) is 9.93. The third-order valence-electron chi connectivity index (χ3n) is 5.11. The van der Waals surface area contributed by atoms with Crippen LogP contribution in [-0.4, -0.2) is 36.6 Å².